The number of benzene rings is 5. The number of carbonyl (C=O) groups excluding carboxylic acids is 3. The lowest BCUT2D eigenvalue weighted by Gasteiger charge is -2.54. The fourth-order valence-electron chi connectivity index (χ4n) is 7.89. The van der Waals surface area contributed by atoms with E-state index in [1.54, 1.807) is 5.41 Å². The van der Waals surface area contributed by atoms with E-state index in [0.29, 0.717) is 5.13 Å². The Labute approximate surface area is 386 Å². The third-order valence-corrected chi connectivity index (χ3v) is 14.4. The van der Waals surface area contributed by atoms with E-state index in [1.807, 2.05) is 158 Å². The maximum absolute atomic E-state index is 14.4. The molecule has 2 amide bonds. The molecule has 3 atom stereocenters. The number of nitrogens with zero attached hydrogens (tertiary/aromatic N) is 4. The van der Waals surface area contributed by atoms with Crippen LogP contribution in [0.5, 0.6) is 0 Å². The molecule has 0 radical (unpaired) electrons. The molecule has 1 aromatic heterocycles. The number of hydrogen-bond donors (Lipinski definition) is 2. The van der Waals surface area contributed by atoms with Crippen LogP contribution < -0.4 is 10.6 Å². The number of allylic oxidation sites excluding steroid dienone is 1. The Morgan fingerprint density at radius 2 is 1.43 bits per heavy atom. The van der Waals surface area contributed by atoms with Crippen LogP contribution in [-0.2, 0) is 29.5 Å². The Hall–Kier alpha value is -6.80. The summed E-state index contributed by atoms with van der Waals surface area (Å²) in [5.74, 6) is -1.56. The van der Waals surface area contributed by atoms with Gasteiger partial charge in [0.15, 0.2) is 16.9 Å². The van der Waals surface area contributed by atoms with Crippen molar-refractivity contribution in [3.05, 3.63) is 202 Å². The van der Waals surface area contributed by atoms with Crippen molar-refractivity contribution in [1.29, 1.82) is 5.26 Å². The van der Waals surface area contributed by atoms with Crippen LogP contribution in [0.2, 0.25) is 0 Å². The normalized spacial score (nSPS) is 18.4. The molecule has 2 unspecified atom stereocenters. The Morgan fingerprint density at radius 3 is 1.95 bits per heavy atom. The second kappa shape index (κ2) is 20.4. The number of esters is 1. The fourth-order valence-corrected chi connectivity index (χ4v) is 11.2. The van der Waals surface area contributed by atoms with Gasteiger partial charge >= 0.3 is 12.6 Å². The van der Waals surface area contributed by atoms with Crippen molar-refractivity contribution in [2.24, 2.45) is 10.6 Å². The summed E-state index contributed by atoms with van der Waals surface area (Å²) in [6, 6.07) is 48.9. The zero-order chi connectivity index (χ0) is 45.2. The summed E-state index contributed by atoms with van der Waals surface area (Å²) in [4.78, 5) is 52.9. The molecule has 5 aromatic carbocycles. The van der Waals surface area contributed by atoms with Crippen LogP contribution in [0.3, 0.4) is 0 Å². The molecule has 328 valence electrons. The number of alkyl halides is 2. The van der Waals surface area contributed by atoms with Gasteiger partial charge in [0.1, 0.15) is 28.1 Å². The van der Waals surface area contributed by atoms with Crippen molar-refractivity contribution in [2.45, 2.75) is 29.7 Å². The van der Waals surface area contributed by atoms with Crippen LogP contribution in [-0.4, -0.2) is 69.5 Å². The monoisotopic (exact) mass is 926 g/mol. The minimum atomic E-state index is -3.34. The summed E-state index contributed by atoms with van der Waals surface area (Å²) < 4.78 is 33.4. The highest BCUT2D eigenvalue weighted by molar-refractivity contribution is 8.02. The Balaban J connectivity index is 1.03. The van der Waals surface area contributed by atoms with Crippen LogP contribution >= 0.6 is 34.9 Å². The summed E-state index contributed by atoms with van der Waals surface area (Å²) in [7, 11) is 0. The molecule has 11 nitrogen and oxygen atoms in total. The number of aromatic nitrogens is 1. The number of amides is 2. The predicted octanol–water partition coefficient (Wildman–Crippen LogP) is 8.98. The summed E-state index contributed by atoms with van der Waals surface area (Å²) in [5.41, 5.74) is 1.41. The highest BCUT2D eigenvalue weighted by Gasteiger charge is 2.58. The van der Waals surface area contributed by atoms with Gasteiger partial charge in [0.2, 0.25) is 5.91 Å². The quantitative estimate of drug-likeness (QED) is 0.0227. The maximum Gasteiger partial charge on any atom is 0.407 e. The lowest BCUT2D eigenvalue weighted by Crippen LogP contribution is -2.74. The maximum atomic E-state index is 14.4. The number of anilines is 1. The molecule has 0 aliphatic carbocycles. The highest BCUT2D eigenvalue weighted by atomic mass is 32.2. The largest absolute Gasteiger partial charge is 0.452 e. The number of ether oxygens (including phenoxy) is 1. The van der Waals surface area contributed by atoms with E-state index < -0.39 is 58.6 Å². The molecule has 65 heavy (non-hydrogen) atoms. The number of fused-ring (bicyclic) bond motifs is 1. The van der Waals surface area contributed by atoms with Gasteiger partial charge in [-0.1, -0.05) is 157 Å². The van der Waals surface area contributed by atoms with Crippen molar-refractivity contribution in [2.75, 3.05) is 23.4 Å². The summed E-state index contributed by atoms with van der Waals surface area (Å²) in [6.45, 7) is -3.37. The second-order valence-corrected chi connectivity index (χ2v) is 17.9. The van der Waals surface area contributed by atoms with Gasteiger partial charge in [-0.05, 0) is 33.2 Å². The molecular formula is C49H40F2N6O5S3. The predicted molar refractivity (Wildman–Crippen MR) is 249 cm³/mol. The first-order valence-electron chi connectivity index (χ1n) is 20.4. The number of carbonyl (C=O) groups is 3. The van der Waals surface area contributed by atoms with E-state index in [0.717, 1.165) is 39.2 Å². The van der Waals surface area contributed by atoms with E-state index in [1.165, 1.54) is 39.9 Å². The lowest BCUT2D eigenvalue weighted by molar-refractivity contribution is -0.164. The first kappa shape index (κ1) is 44.8. The fraction of sp³-hybridized carbons (Fsp3) is 0.184. The average molecular weight is 927 g/mol. The van der Waals surface area contributed by atoms with Crippen molar-refractivity contribution in [1.82, 2.24) is 15.2 Å². The first-order valence-corrected chi connectivity index (χ1v) is 23.3. The zero-order valence-electron chi connectivity index (χ0n) is 34.4. The number of halogens is 2. The number of thiazole rings is 1. The number of nitrogens with one attached hydrogen (secondary N) is 2. The third kappa shape index (κ3) is 9.68. The first-order chi connectivity index (χ1) is 31.7. The molecule has 0 bridgehead atoms. The van der Waals surface area contributed by atoms with E-state index in [-0.39, 0.29) is 23.7 Å². The van der Waals surface area contributed by atoms with Crippen LogP contribution in [0.1, 0.15) is 39.6 Å². The zero-order valence-corrected chi connectivity index (χ0v) is 36.9. The van der Waals surface area contributed by atoms with Crippen molar-refractivity contribution in [3.8, 4) is 6.07 Å². The molecule has 8 rings (SSSR count). The highest BCUT2D eigenvalue weighted by Crippen LogP contribution is 2.46. The van der Waals surface area contributed by atoms with Gasteiger partial charge in [-0.15, -0.1) is 34.9 Å². The topological polar surface area (TPSA) is 146 Å². The van der Waals surface area contributed by atoms with Crippen molar-refractivity contribution < 1.29 is 32.7 Å². The molecule has 2 aliphatic heterocycles. The molecule has 2 aliphatic rings. The Kier molecular flexibility index (Phi) is 14.0. The van der Waals surface area contributed by atoms with Crippen LogP contribution in [0.25, 0.3) is 0 Å². The summed E-state index contributed by atoms with van der Waals surface area (Å²) >= 11 is 3.68. The minimum Gasteiger partial charge on any atom is -0.452 e. The van der Waals surface area contributed by atoms with Gasteiger partial charge < -0.3 is 25.1 Å². The SMILES string of the molecule is N#CC=CSCC1(C(=O)OC(c2ccccc2)c2ccccc2)CS[C@@H]2C(NC(=O)C(=NOC(F)F)c3csc(NC(c4ccccc4)(c4ccccc4)c4ccccc4)n3)C(=O)N2C1. The van der Waals surface area contributed by atoms with Gasteiger partial charge in [0.05, 0.1) is 6.07 Å². The van der Waals surface area contributed by atoms with Crippen LogP contribution in [0.15, 0.2) is 174 Å². The molecule has 6 aromatic rings. The smallest absolute Gasteiger partial charge is 0.407 e. The van der Waals surface area contributed by atoms with Gasteiger partial charge in [-0.2, -0.15) is 14.0 Å². The molecule has 2 N–H and O–H groups in total. The number of rotatable bonds is 17. The van der Waals surface area contributed by atoms with E-state index in [9.17, 15) is 23.2 Å². The number of thioether (sulfide) groups is 2. The molecule has 0 saturated carbocycles. The van der Waals surface area contributed by atoms with Gasteiger partial charge in [-0.3, -0.25) is 14.4 Å². The number of β-lactam (4-membered cyclic amide) rings is 1. The Bertz CT molecular complexity index is 2560. The molecular weight excluding hydrogens is 887 g/mol. The van der Waals surface area contributed by atoms with Gasteiger partial charge in [-0.25, -0.2) is 4.98 Å². The van der Waals surface area contributed by atoms with Gasteiger partial charge in [0, 0.05) is 29.5 Å². The van der Waals surface area contributed by atoms with Crippen LogP contribution in [0.4, 0.5) is 13.9 Å². The number of oxime groups is 1. The van der Waals surface area contributed by atoms with E-state index in [4.69, 9.17) is 10.00 Å². The molecule has 0 spiro atoms. The number of hydrogen-bond acceptors (Lipinski definition) is 12. The minimum absolute atomic E-state index is 0.0268. The van der Waals surface area contributed by atoms with Crippen LogP contribution in [0, 0.1) is 16.7 Å². The summed E-state index contributed by atoms with van der Waals surface area (Å²) in [5, 5.41) is 21.8. The number of nitriles is 1. The third-order valence-electron chi connectivity index (χ3n) is 11.0. The van der Waals surface area contributed by atoms with E-state index >= 15 is 0 Å². The lowest BCUT2D eigenvalue weighted by atomic mass is 9.77. The molecule has 3 heterocycles. The average Bonchev–Trinajstić information content (AvgIpc) is 3.82. The van der Waals surface area contributed by atoms with E-state index in [2.05, 4.69) is 25.6 Å². The summed E-state index contributed by atoms with van der Waals surface area (Å²) in [6.07, 6.45) is 0.577. The standard InChI is InChI=1S/C49H40F2N6O5S3/c50-46(51)62-56-39(38-29-64-47(53-38)55-49(35-21-10-3-11-22-35,36-23-12-4-13-24-36)37-25-14-5-15-26-37)42(58)54-40-43(59)57-30-48(32-65-44(40)57,31-63-28-16-27-52)45(60)61-41(33-17-6-1-7-18-33)34-19-8-2-9-20-34/h1-26,28-29,40-41,44,46H,30-32H2,(H,53,55)(H,54,58)/t40?,44-,48?/m1/s1. The van der Waals surface area contributed by atoms with Crippen molar-refractivity contribution >= 4 is 63.5 Å². The second-order valence-electron chi connectivity index (χ2n) is 15.1. The Morgan fingerprint density at radius 1 is 0.892 bits per heavy atom. The molecule has 2 saturated heterocycles. The molecule has 16 heteroatoms. The van der Waals surface area contributed by atoms with Gasteiger partial charge in [0.25, 0.3) is 5.91 Å². The van der Waals surface area contributed by atoms with Crippen molar-refractivity contribution in [3.63, 3.8) is 0 Å². The molecule has 2 fully saturated rings.